The highest BCUT2D eigenvalue weighted by Gasteiger charge is 2.20. The Kier molecular flexibility index (Phi) is 5.05. The first-order valence-electron chi connectivity index (χ1n) is 7.99. The minimum atomic E-state index is 0.0838. The minimum Gasteiger partial charge on any atom is -0.497 e. The number of furan rings is 1. The fourth-order valence-corrected chi connectivity index (χ4v) is 3.21. The van der Waals surface area contributed by atoms with E-state index in [1.165, 1.54) is 0 Å². The van der Waals surface area contributed by atoms with E-state index < -0.39 is 0 Å². The van der Waals surface area contributed by atoms with Crippen LogP contribution in [0.3, 0.4) is 0 Å². The molecule has 4 heteroatoms. The first-order chi connectivity index (χ1) is 11.6. The maximum Gasteiger partial charge on any atom is 0.171 e. The molecule has 0 radical (unpaired) electrons. The van der Waals surface area contributed by atoms with Crippen molar-refractivity contribution in [2.75, 3.05) is 7.11 Å². The number of hydrogen-bond acceptors (Lipinski definition) is 3. The van der Waals surface area contributed by atoms with Gasteiger partial charge in [-0.1, -0.05) is 35.0 Å². The lowest BCUT2D eigenvalue weighted by atomic mass is 9.99. The molecule has 0 aliphatic rings. The van der Waals surface area contributed by atoms with Gasteiger partial charge in [-0.15, -0.1) is 0 Å². The maximum atomic E-state index is 12.9. The van der Waals surface area contributed by atoms with Crippen LogP contribution in [0.2, 0.25) is 0 Å². The molecule has 0 aliphatic carbocycles. The molecule has 3 aromatic rings. The second-order valence-corrected chi connectivity index (χ2v) is 6.65. The van der Waals surface area contributed by atoms with Crippen LogP contribution in [0.1, 0.15) is 35.0 Å². The molecule has 0 saturated carbocycles. The highest BCUT2D eigenvalue weighted by Crippen LogP contribution is 2.30. The number of benzene rings is 2. The Morgan fingerprint density at radius 3 is 2.58 bits per heavy atom. The van der Waals surface area contributed by atoms with Crippen molar-refractivity contribution in [2.24, 2.45) is 0 Å². The lowest BCUT2D eigenvalue weighted by Crippen LogP contribution is -2.06. The third-order valence-electron chi connectivity index (χ3n) is 4.00. The number of Topliss-reactive ketones (excluding diaryl/α,β-unsaturated/α-hetero) is 1. The van der Waals surface area contributed by atoms with Gasteiger partial charge in [-0.3, -0.25) is 4.79 Å². The summed E-state index contributed by atoms with van der Waals surface area (Å²) in [7, 11) is 1.63. The van der Waals surface area contributed by atoms with Crippen molar-refractivity contribution in [1.82, 2.24) is 0 Å². The summed E-state index contributed by atoms with van der Waals surface area (Å²) in [6.45, 7) is 2.08. The molecule has 0 amide bonds. The van der Waals surface area contributed by atoms with Crippen LogP contribution in [0.5, 0.6) is 5.75 Å². The van der Waals surface area contributed by atoms with Gasteiger partial charge in [-0.2, -0.15) is 0 Å². The van der Waals surface area contributed by atoms with Crippen LogP contribution in [0.4, 0.5) is 0 Å². The Bertz CT molecular complexity index is 862. The van der Waals surface area contributed by atoms with E-state index >= 15 is 0 Å². The summed E-state index contributed by atoms with van der Waals surface area (Å²) in [6.07, 6.45) is 2.04. The van der Waals surface area contributed by atoms with Crippen molar-refractivity contribution in [3.8, 4) is 5.75 Å². The smallest absolute Gasteiger partial charge is 0.171 e. The number of ketones is 1. The molecule has 0 atom stereocenters. The van der Waals surface area contributed by atoms with Gasteiger partial charge < -0.3 is 9.15 Å². The first-order valence-corrected chi connectivity index (χ1v) is 8.78. The van der Waals surface area contributed by atoms with Crippen molar-refractivity contribution in [2.45, 2.75) is 26.2 Å². The van der Waals surface area contributed by atoms with E-state index in [-0.39, 0.29) is 5.78 Å². The number of rotatable bonds is 6. The predicted molar refractivity (Wildman–Crippen MR) is 98.9 cm³/mol. The van der Waals surface area contributed by atoms with Crippen LogP contribution < -0.4 is 4.74 Å². The zero-order chi connectivity index (χ0) is 17.1. The summed E-state index contributed by atoms with van der Waals surface area (Å²) in [5, 5.41) is 0.881. The molecule has 0 aliphatic heterocycles. The van der Waals surface area contributed by atoms with E-state index in [2.05, 4.69) is 22.9 Å². The second-order valence-electron chi connectivity index (χ2n) is 5.74. The molecule has 3 nitrogen and oxygen atoms in total. The first kappa shape index (κ1) is 16.8. The largest absolute Gasteiger partial charge is 0.497 e. The summed E-state index contributed by atoms with van der Waals surface area (Å²) >= 11 is 3.48. The topological polar surface area (TPSA) is 39.4 Å². The fourth-order valence-electron chi connectivity index (χ4n) is 2.85. The van der Waals surface area contributed by atoms with E-state index in [0.717, 1.165) is 45.4 Å². The number of aryl methyl sites for hydroxylation is 1. The SMILES string of the molecule is CCCc1oc2ccc(Br)cc2c1C(=O)Cc1ccc(OC)cc1. The molecule has 0 spiro atoms. The fraction of sp³-hybridized carbons (Fsp3) is 0.250. The van der Waals surface area contributed by atoms with Crippen molar-refractivity contribution in [3.05, 3.63) is 63.8 Å². The zero-order valence-electron chi connectivity index (χ0n) is 13.8. The second kappa shape index (κ2) is 7.22. The zero-order valence-corrected chi connectivity index (χ0v) is 15.4. The summed E-state index contributed by atoms with van der Waals surface area (Å²) in [4.78, 5) is 12.9. The molecular formula is C20H19BrO3. The molecule has 124 valence electrons. The van der Waals surface area contributed by atoms with Crippen LogP contribution in [-0.4, -0.2) is 12.9 Å². The Balaban J connectivity index is 1.97. The molecule has 0 bridgehead atoms. The Morgan fingerprint density at radius 2 is 1.92 bits per heavy atom. The van der Waals surface area contributed by atoms with Gasteiger partial charge in [0.15, 0.2) is 5.78 Å². The van der Waals surface area contributed by atoms with Gasteiger partial charge in [0.1, 0.15) is 17.1 Å². The quantitative estimate of drug-likeness (QED) is 0.518. The highest BCUT2D eigenvalue weighted by atomic mass is 79.9. The van der Waals surface area contributed by atoms with E-state index in [4.69, 9.17) is 9.15 Å². The average molecular weight is 387 g/mol. The summed E-state index contributed by atoms with van der Waals surface area (Å²) in [5.41, 5.74) is 2.44. The number of methoxy groups -OCH3 is 1. The van der Waals surface area contributed by atoms with Crippen LogP contribution >= 0.6 is 15.9 Å². The summed E-state index contributed by atoms with van der Waals surface area (Å²) in [5.74, 6) is 1.65. The van der Waals surface area contributed by atoms with Crippen molar-refractivity contribution < 1.29 is 13.9 Å². The monoisotopic (exact) mass is 386 g/mol. The maximum absolute atomic E-state index is 12.9. The molecule has 0 N–H and O–H groups in total. The Labute approximate surface area is 149 Å². The number of carbonyl (C=O) groups is 1. The molecule has 3 rings (SSSR count). The molecule has 2 aromatic carbocycles. The number of ether oxygens (including phenoxy) is 1. The van der Waals surface area contributed by atoms with Crippen LogP contribution in [0.25, 0.3) is 11.0 Å². The highest BCUT2D eigenvalue weighted by molar-refractivity contribution is 9.10. The molecule has 0 saturated heterocycles. The molecule has 24 heavy (non-hydrogen) atoms. The van der Waals surface area contributed by atoms with Gasteiger partial charge in [0, 0.05) is 22.7 Å². The molecule has 1 heterocycles. The predicted octanol–water partition coefficient (Wildman–Crippen LogP) is 5.58. The Hall–Kier alpha value is -2.07. The number of fused-ring (bicyclic) bond motifs is 1. The summed E-state index contributed by atoms with van der Waals surface area (Å²) in [6, 6.07) is 13.4. The minimum absolute atomic E-state index is 0.0838. The third-order valence-corrected chi connectivity index (χ3v) is 4.50. The van der Waals surface area contributed by atoms with E-state index in [9.17, 15) is 4.79 Å². The molecular weight excluding hydrogens is 368 g/mol. The van der Waals surface area contributed by atoms with Crippen molar-refractivity contribution in [3.63, 3.8) is 0 Å². The van der Waals surface area contributed by atoms with Crippen LogP contribution in [0.15, 0.2) is 51.4 Å². The van der Waals surface area contributed by atoms with E-state index in [0.29, 0.717) is 12.0 Å². The van der Waals surface area contributed by atoms with Crippen LogP contribution in [0, 0.1) is 0 Å². The van der Waals surface area contributed by atoms with Gasteiger partial charge in [-0.25, -0.2) is 0 Å². The normalized spacial score (nSPS) is 11.0. The Morgan fingerprint density at radius 1 is 1.17 bits per heavy atom. The van der Waals surface area contributed by atoms with Gasteiger partial charge in [-0.05, 0) is 42.3 Å². The third kappa shape index (κ3) is 3.39. The van der Waals surface area contributed by atoms with Gasteiger partial charge in [0.2, 0.25) is 0 Å². The van der Waals surface area contributed by atoms with Gasteiger partial charge in [0.05, 0.1) is 12.7 Å². The van der Waals surface area contributed by atoms with Crippen molar-refractivity contribution in [1.29, 1.82) is 0 Å². The lowest BCUT2D eigenvalue weighted by Gasteiger charge is -2.04. The van der Waals surface area contributed by atoms with Crippen LogP contribution in [-0.2, 0) is 12.8 Å². The van der Waals surface area contributed by atoms with E-state index in [1.54, 1.807) is 7.11 Å². The summed E-state index contributed by atoms with van der Waals surface area (Å²) < 4.78 is 12.0. The van der Waals surface area contributed by atoms with Gasteiger partial charge in [0.25, 0.3) is 0 Å². The molecule has 0 fully saturated rings. The number of halogens is 1. The standard InChI is InChI=1S/C20H19BrO3/c1-3-4-19-20(16-12-14(21)7-10-18(16)24-19)17(22)11-13-5-8-15(23-2)9-6-13/h5-10,12H,3-4,11H2,1-2H3. The van der Waals surface area contributed by atoms with Gasteiger partial charge >= 0.3 is 0 Å². The lowest BCUT2D eigenvalue weighted by molar-refractivity contribution is 0.0992. The average Bonchev–Trinajstić information content (AvgIpc) is 2.93. The van der Waals surface area contributed by atoms with Crippen molar-refractivity contribution >= 4 is 32.7 Å². The molecule has 1 aromatic heterocycles. The number of carbonyl (C=O) groups excluding carboxylic acids is 1. The van der Waals surface area contributed by atoms with E-state index in [1.807, 2.05) is 42.5 Å². The molecule has 0 unspecified atom stereocenters. The number of hydrogen-bond donors (Lipinski definition) is 0.